The van der Waals surface area contributed by atoms with E-state index in [9.17, 15) is 0 Å². The van der Waals surface area contributed by atoms with E-state index in [0.29, 0.717) is 16.5 Å². The Kier molecular flexibility index (Phi) is 4.58. The molecule has 0 aliphatic carbocycles. The lowest BCUT2D eigenvalue weighted by Gasteiger charge is -2.05. The van der Waals surface area contributed by atoms with Crippen LogP contribution in [-0.2, 0) is 0 Å². The molecule has 0 aliphatic rings. The van der Waals surface area contributed by atoms with E-state index in [1.807, 2.05) is 6.07 Å². The quantitative estimate of drug-likeness (QED) is 0.281. The monoisotopic (exact) mass is 246 g/mol. The van der Waals surface area contributed by atoms with Crippen LogP contribution in [-0.4, -0.2) is 23.9 Å². The van der Waals surface area contributed by atoms with Gasteiger partial charge in [-0.25, -0.2) is 0 Å². The van der Waals surface area contributed by atoms with Crippen molar-refractivity contribution in [1.29, 1.82) is 0 Å². The SMILES string of the molecule is COc1cc(SCC(N)=NO)ccc1Cl. The summed E-state index contributed by atoms with van der Waals surface area (Å²) < 4.78 is 5.06. The van der Waals surface area contributed by atoms with Crippen molar-refractivity contribution in [1.82, 2.24) is 0 Å². The number of hydrogen-bond donors (Lipinski definition) is 2. The Labute approximate surface area is 97.0 Å². The van der Waals surface area contributed by atoms with Crippen molar-refractivity contribution in [2.24, 2.45) is 10.9 Å². The number of halogens is 1. The molecule has 82 valence electrons. The standard InChI is InChI=1S/C9H11ClN2O2S/c1-14-8-4-6(2-3-7(8)10)15-5-9(11)12-13/h2-4,13H,5H2,1H3,(H2,11,12). The highest BCUT2D eigenvalue weighted by atomic mass is 35.5. The lowest BCUT2D eigenvalue weighted by Crippen LogP contribution is -2.13. The minimum absolute atomic E-state index is 0.175. The topological polar surface area (TPSA) is 67.8 Å². The summed E-state index contributed by atoms with van der Waals surface area (Å²) in [6.45, 7) is 0. The van der Waals surface area contributed by atoms with Gasteiger partial charge >= 0.3 is 0 Å². The summed E-state index contributed by atoms with van der Waals surface area (Å²) in [5, 5.41) is 11.8. The van der Waals surface area contributed by atoms with Crippen LogP contribution in [0.25, 0.3) is 0 Å². The molecule has 0 amide bonds. The van der Waals surface area contributed by atoms with Crippen molar-refractivity contribution >= 4 is 29.2 Å². The Morgan fingerprint density at radius 2 is 2.40 bits per heavy atom. The van der Waals surface area contributed by atoms with Crippen LogP contribution >= 0.6 is 23.4 Å². The summed E-state index contributed by atoms with van der Waals surface area (Å²) in [4.78, 5) is 0.947. The summed E-state index contributed by atoms with van der Waals surface area (Å²) in [6.07, 6.45) is 0. The predicted molar refractivity (Wildman–Crippen MR) is 62.1 cm³/mol. The molecule has 0 atom stereocenters. The highest BCUT2D eigenvalue weighted by Crippen LogP contribution is 2.29. The van der Waals surface area contributed by atoms with Gasteiger partial charge in [-0.15, -0.1) is 11.8 Å². The van der Waals surface area contributed by atoms with E-state index in [1.165, 1.54) is 11.8 Å². The molecule has 4 nitrogen and oxygen atoms in total. The van der Waals surface area contributed by atoms with E-state index in [1.54, 1.807) is 19.2 Å². The fraction of sp³-hybridized carbons (Fsp3) is 0.222. The van der Waals surface area contributed by atoms with E-state index >= 15 is 0 Å². The van der Waals surface area contributed by atoms with Gasteiger partial charge in [-0.05, 0) is 18.2 Å². The summed E-state index contributed by atoms with van der Waals surface area (Å²) in [7, 11) is 1.55. The Hall–Kier alpha value is -1.07. The van der Waals surface area contributed by atoms with E-state index in [4.69, 9.17) is 27.3 Å². The highest BCUT2D eigenvalue weighted by Gasteiger charge is 2.03. The van der Waals surface area contributed by atoms with E-state index in [-0.39, 0.29) is 5.84 Å². The largest absolute Gasteiger partial charge is 0.495 e. The number of ether oxygens (including phenoxy) is 1. The molecule has 0 fully saturated rings. The Balaban J connectivity index is 2.70. The number of nitrogens with two attached hydrogens (primary N) is 1. The molecular weight excluding hydrogens is 236 g/mol. The van der Waals surface area contributed by atoms with Gasteiger partial charge in [0.05, 0.1) is 17.9 Å². The highest BCUT2D eigenvalue weighted by molar-refractivity contribution is 8.00. The first kappa shape index (κ1) is 12.0. The second kappa shape index (κ2) is 5.72. The number of methoxy groups -OCH3 is 1. The zero-order chi connectivity index (χ0) is 11.3. The normalized spacial score (nSPS) is 11.5. The Morgan fingerprint density at radius 1 is 1.67 bits per heavy atom. The first-order chi connectivity index (χ1) is 7.17. The van der Waals surface area contributed by atoms with Gasteiger partial charge in [0.1, 0.15) is 11.6 Å². The van der Waals surface area contributed by atoms with Gasteiger partial charge in [0, 0.05) is 4.90 Å². The lowest BCUT2D eigenvalue weighted by molar-refractivity contribution is 0.318. The van der Waals surface area contributed by atoms with Gasteiger partial charge in [0.15, 0.2) is 0 Å². The van der Waals surface area contributed by atoms with Crippen molar-refractivity contribution in [3.63, 3.8) is 0 Å². The number of oxime groups is 1. The lowest BCUT2D eigenvalue weighted by atomic mass is 10.3. The molecule has 0 aromatic heterocycles. The third-order valence-corrected chi connectivity index (χ3v) is 2.98. The zero-order valence-electron chi connectivity index (χ0n) is 8.11. The third kappa shape index (κ3) is 3.53. The maximum atomic E-state index is 8.36. The molecule has 3 N–H and O–H groups in total. The molecule has 15 heavy (non-hydrogen) atoms. The van der Waals surface area contributed by atoms with Gasteiger partial charge in [0.2, 0.25) is 0 Å². The zero-order valence-corrected chi connectivity index (χ0v) is 9.68. The molecule has 1 aromatic carbocycles. The molecule has 1 rings (SSSR count). The van der Waals surface area contributed by atoms with Crippen LogP contribution in [0.3, 0.4) is 0 Å². The number of amidine groups is 1. The van der Waals surface area contributed by atoms with E-state index in [0.717, 1.165) is 4.90 Å². The molecule has 0 spiro atoms. The molecule has 6 heteroatoms. The fourth-order valence-corrected chi connectivity index (χ4v) is 1.84. The smallest absolute Gasteiger partial charge is 0.149 e. The minimum atomic E-state index is 0.175. The molecule has 0 aliphatic heterocycles. The molecule has 0 bridgehead atoms. The van der Waals surface area contributed by atoms with Crippen molar-refractivity contribution < 1.29 is 9.94 Å². The van der Waals surface area contributed by atoms with Crippen molar-refractivity contribution in [2.45, 2.75) is 4.90 Å². The minimum Gasteiger partial charge on any atom is -0.495 e. The van der Waals surface area contributed by atoms with Crippen molar-refractivity contribution in [2.75, 3.05) is 12.9 Å². The van der Waals surface area contributed by atoms with E-state index in [2.05, 4.69) is 5.16 Å². The molecule has 0 saturated heterocycles. The van der Waals surface area contributed by atoms with Gasteiger partial charge < -0.3 is 15.7 Å². The van der Waals surface area contributed by atoms with Gasteiger partial charge in [-0.3, -0.25) is 0 Å². The summed E-state index contributed by atoms with van der Waals surface area (Å²) in [6, 6.07) is 5.40. The van der Waals surface area contributed by atoms with Crippen LogP contribution < -0.4 is 10.5 Å². The van der Waals surface area contributed by atoms with Crippen LogP contribution in [0.5, 0.6) is 5.75 Å². The summed E-state index contributed by atoms with van der Waals surface area (Å²) in [5.74, 6) is 1.21. The van der Waals surface area contributed by atoms with Gasteiger partial charge in [0.25, 0.3) is 0 Å². The molecule has 0 saturated carbocycles. The number of nitrogens with zero attached hydrogens (tertiary/aromatic N) is 1. The molecular formula is C9H11ClN2O2S. The molecule has 0 unspecified atom stereocenters. The first-order valence-electron chi connectivity index (χ1n) is 4.10. The predicted octanol–water partition coefficient (Wildman–Crippen LogP) is 2.19. The molecule has 1 aromatic rings. The average molecular weight is 247 g/mol. The second-order valence-electron chi connectivity index (χ2n) is 2.68. The maximum absolute atomic E-state index is 8.36. The van der Waals surface area contributed by atoms with Crippen LogP contribution in [0, 0.1) is 0 Å². The Morgan fingerprint density at radius 3 is 3.00 bits per heavy atom. The number of benzene rings is 1. The Bertz CT molecular complexity index is 371. The average Bonchev–Trinajstić information content (AvgIpc) is 2.27. The fourth-order valence-electron chi connectivity index (χ4n) is 0.916. The first-order valence-corrected chi connectivity index (χ1v) is 5.46. The van der Waals surface area contributed by atoms with Crippen LogP contribution in [0.1, 0.15) is 0 Å². The number of hydrogen-bond acceptors (Lipinski definition) is 4. The van der Waals surface area contributed by atoms with Crippen molar-refractivity contribution in [3.05, 3.63) is 23.2 Å². The third-order valence-electron chi connectivity index (χ3n) is 1.64. The molecule has 0 radical (unpaired) electrons. The summed E-state index contributed by atoms with van der Waals surface area (Å²) in [5.41, 5.74) is 5.34. The maximum Gasteiger partial charge on any atom is 0.149 e. The second-order valence-corrected chi connectivity index (χ2v) is 4.13. The van der Waals surface area contributed by atoms with Crippen molar-refractivity contribution in [3.8, 4) is 5.75 Å². The van der Waals surface area contributed by atoms with Gasteiger partial charge in [-0.2, -0.15) is 0 Å². The van der Waals surface area contributed by atoms with Crippen LogP contribution in [0.4, 0.5) is 0 Å². The molecule has 0 heterocycles. The number of rotatable bonds is 4. The van der Waals surface area contributed by atoms with E-state index < -0.39 is 0 Å². The van der Waals surface area contributed by atoms with Crippen LogP contribution in [0.15, 0.2) is 28.3 Å². The number of thioether (sulfide) groups is 1. The van der Waals surface area contributed by atoms with Crippen LogP contribution in [0.2, 0.25) is 5.02 Å². The van der Waals surface area contributed by atoms with Gasteiger partial charge in [-0.1, -0.05) is 16.8 Å². The summed E-state index contributed by atoms with van der Waals surface area (Å²) >= 11 is 7.30.